The van der Waals surface area contributed by atoms with Crippen molar-refractivity contribution in [3.63, 3.8) is 0 Å². The van der Waals surface area contributed by atoms with Crippen molar-refractivity contribution >= 4 is 34.6 Å². The average molecular weight is 400 g/mol. The number of hydrogen-bond donors (Lipinski definition) is 1. The summed E-state index contributed by atoms with van der Waals surface area (Å²) >= 11 is 0. The zero-order valence-electron chi connectivity index (χ0n) is 16.7. The van der Waals surface area contributed by atoms with E-state index in [1.54, 1.807) is 30.1 Å². The first-order chi connectivity index (χ1) is 14.5. The summed E-state index contributed by atoms with van der Waals surface area (Å²) in [7, 11) is 1.95. The zero-order valence-corrected chi connectivity index (χ0v) is 16.7. The summed E-state index contributed by atoms with van der Waals surface area (Å²) in [6.45, 7) is 1.77. The van der Waals surface area contributed by atoms with Crippen LogP contribution in [0.15, 0.2) is 42.9 Å². The molecule has 150 valence electrons. The Bertz CT molecular complexity index is 1300. The predicted octanol–water partition coefficient (Wildman–Crippen LogP) is 3.61. The van der Waals surface area contributed by atoms with Crippen molar-refractivity contribution in [2.24, 2.45) is 13.0 Å². The maximum Gasteiger partial charge on any atom is 0.229 e. The molecule has 0 amide bonds. The van der Waals surface area contributed by atoms with Crippen LogP contribution < -0.4 is 5.32 Å². The lowest BCUT2D eigenvalue weighted by molar-refractivity contribution is 0.0968. The van der Waals surface area contributed by atoms with E-state index in [9.17, 15) is 9.59 Å². The van der Waals surface area contributed by atoms with Crippen molar-refractivity contribution in [1.29, 1.82) is 0 Å². The SMILES string of the molecule is Cc1nn(-c2ccnc(Nc3ccc4c(c3)c(C(=O)C3CC3)cn4C)n2)cc1C=O. The van der Waals surface area contributed by atoms with E-state index in [2.05, 4.69) is 20.4 Å². The van der Waals surface area contributed by atoms with E-state index in [-0.39, 0.29) is 11.7 Å². The topological polar surface area (TPSA) is 94.7 Å². The number of aldehydes is 1. The number of carbonyl (C=O) groups excluding carboxylic acids is 2. The van der Waals surface area contributed by atoms with Gasteiger partial charge in [0.25, 0.3) is 0 Å². The van der Waals surface area contributed by atoms with E-state index in [0.717, 1.165) is 41.3 Å². The minimum atomic E-state index is 0.168. The van der Waals surface area contributed by atoms with Gasteiger partial charge in [0, 0.05) is 59.8 Å². The van der Waals surface area contributed by atoms with Gasteiger partial charge in [-0.2, -0.15) is 10.1 Å². The van der Waals surface area contributed by atoms with E-state index < -0.39 is 0 Å². The molecule has 1 N–H and O–H groups in total. The molecule has 4 aromatic rings. The Balaban J connectivity index is 1.47. The van der Waals surface area contributed by atoms with E-state index in [4.69, 9.17) is 0 Å². The Morgan fingerprint density at radius 1 is 1.23 bits per heavy atom. The van der Waals surface area contributed by atoms with Crippen LogP contribution in [-0.4, -0.2) is 36.4 Å². The number of Topliss-reactive ketones (excluding diaryl/α,β-unsaturated/α-hetero) is 1. The summed E-state index contributed by atoms with van der Waals surface area (Å²) in [5.41, 5.74) is 3.72. The number of hydrogen-bond acceptors (Lipinski definition) is 6. The Kier molecular flexibility index (Phi) is 4.20. The third-order valence-electron chi connectivity index (χ3n) is 5.40. The first-order valence-electron chi connectivity index (χ1n) is 9.78. The van der Waals surface area contributed by atoms with Crippen molar-refractivity contribution in [2.75, 3.05) is 5.32 Å². The van der Waals surface area contributed by atoms with Crippen LogP contribution in [0.5, 0.6) is 0 Å². The number of rotatable bonds is 6. The summed E-state index contributed by atoms with van der Waals surface area (Å²) in [4.78, 5) is 32.5. The maximum absolute atomic E-state index is 12.7. The molecule has 1 saturated carbocycles. The fraction of sp³-hybridized carbons (Fsp3) is 0.227. The zero-order chi connectivity index (χ0) is 20.8. The smallest absolute Gasteiger partial charge is 0.229 e. The van der Waals surface area contributed by atoms with Gasteiger partial charge in [-0.25, -0.2) is 9.67 Å². The third-order valence-corrected chi connectivity index (χ3v) is 5.40. The molecule has 0 bridgehead atoms. The van der Waals surface area contributed by atoms with Crippen molar-refractivity contribution < 1.29 is 9.59 Å². The molecule has 3 heterocycles. The number of aromatic nitrogens is 5. The monoisotopic (exact) mass is 400 g/mol. The van der Waals surface area contributed by atoms with Gasteiger partial charge in [0.05, 0.1) is 11.3 Å². The summed E-state index contributed by atoms with van der Waals surface area (Å²) in [5.74, 6) is 1.34. The van der Waals surface area contributed by atoms with Gasteiger partial charge in [-0.15, -0.1) is 0 Å². The van der Waals surface area contributed by atoms with Crippen molar-refractivity contribution in [1.82, 2.24) is 24.3 Å². The van der Waals surface area contributed by atoms with E-state index in [1.165, 1.54) is 0 Å². The molecule has 0 spiro atoms. The van der Waals surface area contributed by atoms with Crippen LogP contribution in [-0.2, 0) is 7.05 Å². The number of aryl methyl sites for hydroxylation is 2. The number of carbonyl (C=O) groups is 2. The first-order valence-corrected chi connectivity index (χ1v) is 9.78. The molecule has 8 heteroatoms. The molecule has 0 saturated heterocycles. The molecule has 0 unspecified atom stereocenters. The Labute approximate surface area is 172 Å². The molecule has 8 nitrogen and oxygen atoms in total. The highest BCUT2D eigenvalue weighted by Gasteiger charge is 2.32. The van der Waals surface area contributed by atoms with Crippen LogP contribution in [0, 0.1) is 12.8 Å². The molecule has 0 atom stereocenters. The lowest BCUT2D eigenvalue weighted by Gasteiger charge is -2.07. The average Bonchev–Trinajstić information content (AvgIpc) is 3.46. The van der Waals surface area contributed by atoms with Gasteiger partial charge in [0.1, 0.15) is 0 Å². The van der Waals surface area contributed by atoms with Gasteiger partial charge >= 0.3 is 0 Å². The molecule has 1 aromatic carbocycles. The maximum atomic E-state index is 12.7. The van der Waals surface area contributed by atoms with Gasteiger partial charge in [-0.3, -0.25) is 9.59 Å². The number of fused-ring (bicyclic) bond motifs is 1. The fourth-order valence-corrected chi connectivity index (χ4v) is 3.60. The summed E-state index contributed by atoms with van der Waals surface area (Å²) in [6, 6.07) is 7.60. The molecule has 1 aliphatic carbocycles. The quantitative estimate of drug-likeness (QED) is 0.392. The van der Waals surface area contributed by atoms with E-state index >= 15 is 0 Å². The number of ketones is 1. The Morgan fingerprint density at radius 2 is 2.07 bits per heavy atom. The minimum absolute atomic E-state index is 0.168. The largest absolute Gasteiger partial charge is 0.350 e. The van der Waals surface area contributed by atoms with Crippen LogP contribution >= 0.6 is 0 Å². The molecular formula is C22H20N6O2. The Morgan fingerprint density at radius 3 is 2.80 bits per heavy atom. The standard InChI is InChI=1S/C22H20N6O2/c1-13-15(12-29)10-28(26-13)20-7-8-23-22(25-20)24-16-5-6-19-17(9-16)18(11-27(19)2)21(30)14-3-4-14/h5-12,14H,3-4H2,1-2H3,(H,23,24,25). The third kappa shape index (κ3) is 3.16. The van der Waals surface area contributed by atoms with Crippen molar-refractivity contribution in [3.05, 3.63) is 59.7 Å². The summed E-state index contributed by atoms with van der Waals surface area (Å²) < 4.78 is 3.54. The second-order valence-corrected chi connectivity index (χ2v) is 7.62. The van der Waals surface area contributed by atoms with Crippen molar-refractivity contribution in [3.8, 4) is 5.82 Å². The van der Waals surface area contributed by atoms with E-state index in [1.807, 2.05) is 36.0 Å². The minimum Gasteiger partial charge on any atom is -0.350 e. The molecule has 0 aliphatic heterocycles. The molecule has 30 heavy (non-hydrogen) atoms. The van der Waals surface area contributed by atoms with Gasteiger partial charge in [-0.05, 0) is 38.0 Å². The molecule has 0 radical (unpaired) electrons. The van der Waals surface area contributed by atoms with E-state index in [0.29, 0.717) is 23.0 Å². The van der Waals surface area contributed by atoms with Gasteiger partial charge < -0.3 is 9.88 Å². The van der Waals surface area contributed by atoms with Crippen LogP contribution in [0.1, 0.15) is 39.3 Å². The van der Waals surface area contributed by atoms with Gasteiger partial charge in [0.15, 0.2) is 17.9 Å². The molecular weight excluding hydrogens is 380 g/mol. The highest BCUT2D eigenvalue weighted by Crippen LogP contribution is 2.36. The predicted molar refractivity (Wildman–Crippen MR) is 113 cm³/mol. The highest BCUT2D eigenvalue weighted by molar-refractivity contribution is 6.10. The number of nitrogens with one attached hydrogen (secondary N) is 1. The normalized spacial score (nSPS) is 13.5. The van der Waals surface area contributed by atoms with Crippen LogP contribution in [0.25, 0.3) is 16.7 Å². The first kappa shape index (κ1) is 18.2. The lowest BCUT2D eigenvalue weighted by atomic mass is 10.1. The molecule has 3 aromatic heterocycles. The fourth-order valence-electron chi connectivity index (χ4n) is 3.60. The molecule has 5 rings (SSSR count). The van der Waals surface area contributed by atoms with Crippen LogP contribution in [0.2, 0.25) is 0 Å². The van der Waals surface area contributed by atoms with Crippen LogP contribution in [0.4, 0.5) is 11.6 Å². The number of nitrogens with zero attached hydrogens (tertiary/aromatic N) is 5. The molecule has 1 fully saturated rings. The second kappa shape index (κ2) is 6.91. The van der Waals surface area contributed by atoms with Gasteiger partial charge in [0.2, 0.25) is 5.95 Å². The number of benzene rings is 1. The number of anilines is 2. The van der Waals surface area contributed by atoms with Crippen molar-refractivity contribution in [2.45, 2.75) is 19.8 Å². The van der Waals surface area contributed by atoms with Gasteiger partial charge in [-0.1, -0.05) is 0 Å². The summed E-state index contributed by atoms with van der Waals surface area (Å²) in [5, 5.41) is 8.46. The van der Waals surface area contributed by atoms with Crippen LogP contribution in [0.3, 0.4) is 0 Å². The highest BCUT2D eigenvalue weighted by atomic mass is 16.1. The second-order valence-electron chi connectivity index (χ2n) is 7.62. The summed E-state index contributed by atoms with van der Waals surface area (Å²) in [6.07, 6.45) is 7.91. The molecule has 1 aliphatic rings. The Hall–Kier alpha value is -3.81. The lowest BCUT2D eigenvalue weighted by Crippen LogP contribution is -2.03.